The molecule has 4 aliphatic carbocycles. The van der Waals surface area contributed by atoms with Crippen LogP contribution in [0, 0.1) is 23.7 Å². The molecule has 5 rings (SSSR count). The maximum Gasteiger partial charge on any atom is 0.225 e. The molecule has 1 heterocycles. The highest BCUT2D eigenvalue weighted by Gasteiger charge is 2.52. The molecule has 1 aliphatic heterocycles. The number of rotatable bonds is 2. The summed E-state index contributed by atoms with van der Waals surface area (Å²) in [4.78, 5) is 25.8. The van der Waals surface area contributed by atoms with Gasteiger partial charge in [-0.1, -0.05) is 0 Å². The van der Waals surface area contributed by atoms with E-state index in [2.05, 4.69) is 5.32 Å². The molecule has 0 aromatic heterocycles. The molecule has 0 aromatic carbocycles. The second-order valence-corrected chi connectivity index (χ2v) is 7.86. The van der Waals surface area contributed by atoms with Gasteiger partial charge in [-0.25, -0.2) is 0 Å². The Hall–Kier alpha value is -1.06. The third-order valence-electron chi connectivity index (χ3n) is 6.14. The number of carbonyl (C=O) groups is 2. The van der Waals surface area contributed by atoms with E-state index in [0.717, 1.165) is 17.8 Å². The molecule has 0 spiro atoms. The lowest BCUT2D eigenvalue weighted by Gasteiger charge is -2.57. The Balaban J connectivity index is 1.46. The number of carbonyl (C=O) groups excluding carboxylic acids is 2. The molecule has 1 N–H and O–H groups in total. The standard InChI is InChI=1S/C16H24N2O2/c1-18-9-13(5-14(18)19)15(20)17-16-6-10-2-11(7-16)4-12(3-10)8-16/h10-13H,2-9H2,1H3,(H,17,20)/t10?,11?,12?,13-,16?/m0/s1. The van der Waals surface area contributed by atoms with Crippen molar-refractivity contribution in [1.82, 2.24) is 10.2 Å². The fourth-order valence-corrected chi connectivity index (χ4v) is 5.67. The fourth-order valence-electron chi connectivity index (χ4n) is 5.67. The molecule has 5 fully saturated rings. The maximum atomic E-state index is 12.5. The Morgan fingerprint density at radius 3 is 2.15 bits per heavy atom. The van der Waals surface area contributed by atoms with Crippen molar-refractivity contribution >= 4 is 11.8 Å². The van der Waals surface area contributed by atoms with Crippen LogP contribution < -0.4 is 5.32 Å². The number of nitrogens with one attached hydrogen (secondary N) is 1. The summed E-state index contributed by atoms with van der Waals surface area (Å²) in [5, 5.41) is 3.39. The Morgan fingerprint density at radius 1 is 1.15 bits per heavy atom. The molecule has 110 valence electrons. The summed E-state index contributed by atoms with van der Waals surface area (Å²) in [7, 11) is 1.79. The van der Waals surface area contributed by atoms with Crippen molar-refractivity contribution < 1.29 is 9.59 Å². The van der Waals surface area contributed by atoms with Crippen LogP contribution >= 0.6 is 0 Å². The van der Waals surface area contributed by atoms with E-state index in [9.17, 15) is 9.59 Å². The van der Waals surface area contributed by atoms with Gasteiger partial charge in [0, 0.05) is 25.6 Å². The van der Waals surface area contributed by atoms with E-state index in [-0.39, 0.29) is 23.3 Å². The van der Waals surface area contributed by atoms with Crippen LogP contribution in [0.5, 0.6) is 0 Å². The number of hydrogen-bond acceptors (Lipinski definition) is 2. The maximum absolute atomic E-state index is 12.5. The molecule has 0 radical (unpaired) electrons. The molecule has 4 heteroatoms. The number of amides is 2. The van der Waals surface area contributed by atoms with Crippen LogP contribution in [-0.4, -0.2) is 35.8 Å². The van der Waals surface area contributed by atoms with E-state index in [0.29, 0.717) is 13.0 Å². The molecule has 4 nitrogen and oxygen atoms in total. The third-order valence-corrected chi connectivity index (χ3v) is 6.14. The first-order valence-electron chi connectivity index (χ1n) is 8.09. The highest BCUT2D eigenvalue weighted by Crippen LogP contribution is 2.55. The largest absolute Gasteiger partial charge is 0.350 e. The molecule has 20 heavy (non-hydrogen) atoms. The van der Waals surface area contributed by atoms with E-state index >= 15 is 0 Å². The summed E-state index contributed by atoms with van der Waals surface area (Å²) in [6, 6.07) is 0. The van der Waals surface area contributed by atoms with Gasteiger partial charge in [0.15, 0.2) is 0 Å². The molecule has 4 saturated carbocycles. The van der Waals surface area contributed by atoms with Gasteiger partial charge in [-0.2, -0.15) is 0 Å². The Kier molecular flexibility index (Phi) is 2.67. The normalized spacial score (nSPS) is 46.0. The van der Waals surface area contributed by atoms with Gasteiger partial charge in [-0.15, -0.1) is 0 Å². The smallest absolute Gasteiger partial charge is 0.225 e. The second-order valence-electron chi connectivity index (χ2n) is 7.86. The minimum absolute atomic E-state index is 0.0794. The van der Waals surface area contributed by atoms with Crippen molar-refractivity contribution in [3.05, 3.63) is 0 Å². The van der Waals surface area contributed by atoms with Crippen molar-refractivity contribution in [2.45, 2.75) is 50.5 Å². The van der Waals surface area contributed by atoms with Crippen LogP contribution in [0.1, 0.15) is 44.9 Å². The molecule has 4 bridgehead atoms. The predicted octanol–water partition coefficient (Wildman–Crippen LogP) is 1.55. The van der Waals surface area contributed by atoms with Gasteiger partial charge in [0.1, 0.15) is 0 Å². The molecule has 0 unspecified atom stereocenters. The van der Waals surface area contributed by atoms with Gasteiger partial charge < -0.3 is 10.2 Å². The van der Waals surface area contributed by atoms with Crippen LogP contribution in [0.2, 0.25) is 0 Å². The average molecular weight is 276 g/mol. The quantitative estimate of drug-likeness (QED) is 0.832. The minimum Gasteiger partial charge on any atom is -0.350 e. The van der Waals surface area contributed by atoms with Gasteiger partial charge in [-0.05, 0) is 56.3 Å². The van der Waals surface area contributed by atoms with Crippen LogP contribution in [-0.2, 0) is 9.59 Å². The summed E-state index contributed by atoms with van der Waals surface area (Å²) in [5.74, 6) is 2.64. The number of nitrogens with zero attached hydrogens (tertiary/aromatic N) is 1. The Morgan fingerprint density at radius 2 is 1.70 bits per heavy atom. The number of likely N-dealkylation sites (tertiary alicyclic amines) is 1. The van der Waals surface area contributed by atoms with Crippen LogP contribution in [0.3, 0.4) is 0 Å². The van der Waals surface area contributed by atoms with E-state index in [4.69, 9.17) is 0 Å². The molecular weight excluding hydrogens is 252 g/mol. The summed E-state index contributed by atoms with van der Waals surface area (Å²) >= 11 is 0. The molecule has 1 atom stereocenters. The first-order valence-corrected chi connectivity index (χ1v) is 8.09. The van der Waals surface area contributed by atoms with E-state index in [1.165, 1.54) is 38.5 Å². The lowest BCUT2D eigenvalue weighted by molar-refractivity contribution is -0.131. The first kappa shape index (κ1) is 12.7. The minimum atomic E-state index is -0.125. The topological polar surface area (TPSA) is 49.4 Å². The summed E-state index contributed by atoms with van der Waals surface area (Å²) in [6.45, 7) is 0.594. The van der Waals surface area contributed by atoms with Crippen molar-refractivity contribution in [3.8, 4) is 0 Å². The first-order chi connectivity index (χ1) is 9.53. The zero-order valence-electron chi connectivity index (χ0n) is 12.2. The van der Waals surface area contributed by atoms with Crippen LogP contribution in [0.4, 0.5) is 0 Å². The monoisotopic (exact) mass is 276 g/mol. The van der Waals surface area contributed by atoms with Gasteiger partial charge in [0.05, 0.1) is 5.92 Å². The van der Waals surface area contributed by atoms with E-state index in [1.54, 1.807) is 11.9 Å². The van der Waals surface area contributed by atoms with Crippen molar-refractivity contribution in [2.24, 2.45) is 23.7 Å². The Labute approximate surface area is 120 Å². The van der Waals surface area contributed by atoms with Crippen LogP contribution in [0.25, 0.3) is 0 Å². The summed E-state index contributed by atoms with van der Waals surface area (Å²) < 4.78 is 0. The molecule has 2 amide bonds. The fraction of sp³-hybridized carbons (Fsp3) is 0.875. The van der Waals surface area contributed by atoms with Crippen LogP contribution in [0.15, 0.2) is 0 Å². The lowest BCUT2D eigenvalue weighted by atomic mass is 9.53. The van der Waals surface area contributed by atoms with Crippen molar-refractivity contribution in [3.63, 3.8) is 0 Å². The van der Waals surface area contributed by atoms with Gasteiger partial charge in [-0.3, -0.25) is 9.59 Å². The van der Waals surface area contributed by atoms with Crippen molar-refractivity contribution in [2.75, 3.05) is 13.6 Å². The third kappa shape index (κ3) is 1.95. The molecule has 5 aliphatic rings. The second kappa shape index (κ2) is 4.22. The van der Waals surface area contributed by atoms with Gasteiger partial charge >= 0.3 is 0 Å². The molecular formula is C16H24N2O2. The predicted molar refractivity (Wildman–Crippen MR) is 74.8 cm³/mol. The highest BCUT2D eigenvalue weighted by atomic mass is 16.2. The SMILES string of the molecule is CN1C[C@@H](C(=O)NC23CC4CC(CC(C4)C2)C3)CC1=O. The molecule has 0 aromatic rings. The lowest BCUT2D eigenvalue weighted by Crippen LogP contribution is -2.60. The van der Waals surface area contributed by atoms with E-state index < -0.39 is 0 Å². The Bertz CT molecular complexity index is 424. The number of hydrogen-bond donors (Lipinski definition) is 1. The average Bonchev–Trinajstić information content (AvgIpc) is 2.67. The highest BCUT2D eigenvalue weighted by molar-refractivity contribution is 5.89. The molecule has 1 saturated heterocycles. The summed E-state index contributed by atoms with van der Waals surface area (Å²) in [6.07, 6.45) is 8.11. The zero-order chi connectivity index (χ0) is 13.9. The van der Waals surface area contributed by atoms with Crippen molar-refractivity contribution in [1.29, 1.82) is 0 Å². The summed E-state index contributed by atoms with van der Waals surface area (Å²) in [5.41, 5.74) is 0.0794. The van der Waals surface area contributed by atoms with E-state index in [1.807, 2.05) is 0 Å². The van der Waals surface area contributed by atoms with Gasteiger partial charge in [0.25, 0.3) is 0 Å². The van der Waals surface area contributed by atoms with Gasteiger partial charge in [0.2, 0.25) is 11.8 Å². The zero-order valence-corrected chi connectivity index (χ0v) is 12.2.